The number of aromatic nitrogens is 2. The smallest absolute Gasteiger partial charge is 0.412 e. The number of carbonyl (C=O) groups excluding carboxylic acids is 2. The lowest BCUT2D eigenvalue weighted by Gasteiger charge is -2.22. The molecule has 11 nitrogen and oxygen atoms in total. The number of esters is 1. The number of carbonyl (C=O) groups is 2. The Kier molecular flexibility index (Phi) is 8.14. The zero-order chi connectivity index (χ0) is 30.9. The molecule has 1 amide bonds. The number of ether oxygens (including phenoxy) is 3. The van der Waals surface area contributed by atoms with E-state index in [2.05, 4.69) is 10.4 Å². The van der Waals surface area contributed by atoms with Gasteiger partial charge in [-0.1, -0.05) is 30.3 Å². The van der Waals surface area contributed by atoms with E-state index in [4.69, 9.17) is 14.2 Å². The van der Waals surface area contributed by atoms with Crippen molar-refractivity contribution in [1.29, 1.82) is 0 Å². The summed E-state index contributed by atoms with van der Waals surface area (Å²) in [5, 5.41) is 20.7. The van der Waals surface area contributed by atoms with E-state index in [0.29, 0.717) is 23.8 Å². The summed E-state index contributed by atoms with van der Waals surface area (Å²) in [5.74, 6) is -1.64. The van der Waals surface area contributed by atoms with Crippen LogP contribution in [0.5, 0.6) is 0 Å². The van der Waals surface area contributed by atoms with Gasteiger partial charge in [0.25, 0.3) is 5.69 Å². The molecule has 224 valence electrons. The SMILES string of the molecule is COC(=O)/C(NC(=O)OC(C)(C)C)=C(\c1ccc2ccccc2c1[N+](=O)[O-])c1ccc(F)c2nn(C3CCCCO3)cc12. The zero-order valence-electron chi connectivity index (χ0n) is 24.2. The number of nitrogens with one attached hydrogen (secondary N) is 1. The number of alkyl carbamates (subject to hydrolysis) is 1. The van der Waals surface area contributed by atoms with Gasteiger partial charge in [-0.15, -0.1) is 0 Å². The molecule has 0 bridgehead atoms. The molecule has 0 radical (unpaired) electrons. The minimum Gasteiger partial charge on any atom is -0.464 e. The highest BCUT2D eigenvalue weighted by Crippen LogP contribution is 2.41. The number of amides is 1. The van der Waals surface area contributed by atoms with Gasteiger partial charge in [-0.3, -0.25) is 15.4 Å². The van der Waals surface area contributed by atoms with E-state index in [0.717, 1.165) is 26.0 Å². The van der Waals surface area contributed by atoms with Crippen LogP contribution in [-0.4, -0.2) is 46.1 Å². The fourth-order valence-electron chi connectivity index (χ4n) is 5.18. The molecule has 12 heteroatoms. The van der Waals surface area contributed by atoms with Gasteiger partial charge in [0.2, 0.25) is 0 Å². The summed E-state index contributed by atoms with van der Waals surface area (Å²) in [6.07, 6.45) is 2.62. The highest BCUT2D eigenvalue weighted by molar-refractivity contribution is 6.11. The fraction of sp³-hybridized carbons (Fsp3) is 0.323. The standard InChI is InChI=1S/C31H31FN4O7/c1-31(2,3)43-30(38)33-27(29(37)41-4)25(21-13-12-18-9-5-6-10-19(18)28(21)36(39)40)20-14-15-23(32)26-22(20)17-35(34-26)24-11-7-8-16-42-24/h5-6,9-10,12-15,17,24H,7-8,11,16H2,1-4H3,(H,33,38)/b27-25+. The van der Waals surface area contributed by atoms with Crippen molar-refractivity contribution >= 4 is 45.0 Å². The number of benzene rings is 3. The Hall–Kier alpha value is -4.84. The molecule has 2 heterocycles. The summed E-state index contributed by atoms with van der Waals surface area (Å²) in [7, 11) is 1.12. The van der Waals surface area contributed by atoms with Crippen LogP contribution in [0.2, 0.25) is 0 Å². The van der Waals surface area contributed by atoms with Crippen LogP contribution in [0, 0.1) is 15.9 Å². The largest absolute Gasteiger partial charge is 0.464 e. The lowest BCUT2D eigenvalue weighted by atomic mass is 9.90. The zero-order valence-corrected chi connectivity index (χ0v) is 24.2. The van der Waals surface area contributed by atoms with Gasteiger partial charge in [-0.2, -0.15) is 5.10 Å². The normalized spacial score (nSPS) is 16.1. The van der Waals surface area contributed by atoms with E-state index < -0.39 is 40.3 Å². The third-order valence-electron chi connectivity index (χ3n) is 6.98. The minimum absolute atomic E-state index is 0.00488. The van der Waals surface area contributed by atoms with Crippen molar-refractivity contribution in [2.24, 2.45) is 0 Å². The van der Waals surface area contributed by atoms with Gasteiger partial charge in [0, 0.05) is 23.8 Å². The average molecular weight is 591 g/mol. The highest BCUT2D eigenvalue weighted by Gasteiger charge is 2.32. The van der Waals surface area contributed by atoms with Crippen LogP contribution in [-0.2, 0) is 19.0 Å². The van der Waals surface area contributed by atoms with Crippen LogP contribution in [0.1, 0.15) is 57.4 Å². The van der Waals surface area contributed by atoms with Crippen molar-refractivity contribution < 1.29 is 33.1 Å². The predicted molar refractivity (Wildman–Crippen MR) is 157 cm³/mol. The Balaban J connectivity index is 1.86. The van der Waals surface area contributed by atoms with Crippen LogP contribution >= 0.6 is 0 Å². The van der Waals surface area contributed by atoms with Crippen molar-refractivity contribution in [3.63, 3.8) is 0 Å². The molecule has 1 fully saturated rings. The average Bonchev–Trinajstić information content (AvgIpc) is 3.43. The summed E-state index contributed by atoms with van der Waals surface area (Å²) in [6.45, 7) is 5.47. The van der Waals surface area contributed by atoms with Gasteiger partial charge in [0.05, 0.1) is 23.0 Å². The molecule has 1 N–H and O–H groups in total. The molecule has 0 saturated carbocycles. The monoisotopic (exact) mass is 590 g/mol. The van der Waals surface area contributed by atoms with Crippen molar-refractivity contribution in [3.05, 3.63) is 87.5 Å². The van der Waals surface area contributed by atoms with Crippen LogP contribution < -0.4 is 5.32 Å². The molecule has 5 rings (SSSR count). The topological polar surface area (TPSA) is 135 Å². The first-order valence-corrected chi connectivity index (χ1v) is 13.8. The Morgan fingerprint density at radius 2 is 1.84 bits per heavy atom. The first-order chi connectivity index (χ1) is 20.5. The number of halogens is 1. The molecule has 1 aliphatic heterocycles. The second-order valence-corrected chi connectivity index (χ2v) is 11.1. The number of methoxy groups -OCH3 is 1. The Labute approximate surface area is 246 Å². The molecule has 3 aromatic carbocycles. The Morgan fingerprint density at radius 3 is 2.51 bits per heavy atom. The van der Waals surface area contributed by atoms with Crippen molar-refractivity contribution in [1.82, 2.24) is 15.1 Å². The molecule has 0 aliphatic carbocycles. The van der Waals surface area contributed by atoms with E-state index in [1.54, 1.807) is 57.3 Å². The van der Waals surface area contributed by atoms with Gasteiger partial charge in [-0.05, 0) is 69.2 Å². The van der Waals surface area contributed by atoms with Crippen molar-refractivity contribution in [3.8, 4) is 0 Å². The summed E-state index contributed by atoms with van der Waals surface area (Å²) >= 11 is 0. The number of nitro benzene ring substituents is 1. The van der Waals surface area contributed by atoms with Crippen LogP contribution in [0.25, 0.3) is 27.2 Å². The predicted octanol–water partition coefficient (Wildman–Crippen LogP) is 6.39. The summed E-state index contributed by atoms with van der Waals surface area (Å²) in [6, 6.07) is 12.4. The van der Waals surface area contributed by atoms with Crippen LogP contribution in [0.15, 0.2) is 60.4 Å². The highest BCUT2D eigenvalue weighted by atomic mass is 19.1. The van der Waals surface area contributed by atoms with Gasteiger partial charge in [0.1, 0.15) is 23.0 Å². The molecule has 43 heavy (non-hydrogen) atoms. The maximum absolute atomic E-state index is 15.2. The summed E-state index contributed by atoms with van der Waals surface area (Å²) in [5.41, 5.74) is -1.57. The first kappa shape index (κ1) is 29.6. The minimum atomic E-state index is -0.996. The second-order valence-electron chi connectivity index (χ2n) is 11.1. The molecule has 1 aromatic heterocycles. The fourth-order valence-corrected chi connectivity index (χ4v) is 5.18. The molecule has 1 unspecified atom stereocenters. The van der Waals surface area contributed by atoms with Crippen LogP contribution in [0.3, 0.4) is 0 Å². The van der Waals surface area contributed by atoms with Gasteiger partial charge < -0.3 is 14.2 Å². The maximum atomic E-state index is 15.2. The molecular formula is C31H31FN4O7. The Bertz CT molecular complexity index is 1770. The Morgan fingerprint density at radius 1 is 1.09 bits per heavy atom. The molecular weight excluding hydrogens is 559 g/mol. The molecule has 1 atom stereocenters. The van der Waals surface area contributed by atoms with E-state index in [9.17, 15) is 19.7 Å². The van der Waals surface area contributed by atoms with Crippen LogP contribution in [0.4, 0.5) is 14.9 Å². The first-order valence-electron chi connectivity index (χ1n) is 13.8. The van der Waals surface area contributed by atoms with Crippen molar-refractivity contribution in [2.75, 3.05) is 13.7 Å². The third-order valence-corrected chi connectivity index (χ3v) is 6.98. The number of hydrogen-bond acceptors (Lipinski definition) is 8. The second kappa shape index (κ2) is 11.8. The number of fused-ring (bicyclic) bond motifs is 2. The summed E-state index contributed by atoms with van der Waals surface area (Å²) in [4.78, 5) is 38.5. The molecule has 1 aliphatic rings. The van der Waals surface area contributed by atoms with Gasteiger partial charge in [0.15, 0.2) is 5.82 Å². The number of rotatable bonds is 6. The quantitative estimate of drug-likeness (QED) is 0.118. The lowest BCUT2D eigenvalue weighted by molar-refractivity contribution is -0.383. The third kappa shape index (κ3) is 6.05. The molecule has 0 spiro atoms. The number of hydrogen-bond donors (Lipinski definition) is 1. The number of nitrogens with zero attached hydrogens (tertiary/aromatic N) is 3. The maximum Gasteiger partial charge on any atom is 0.412 e. The van der Waals surface area contributed by atoms with E-state index in [1.807, 2.05) is 0 Å². The molecule has 1 saturated heterocycles. The van der Waals surface area contributed by atoms with E-state index >= 15 is 4.39 Å². The molecule has 4 aromatic rings. The lowest BCUT2D eigenvalue weighted by Crippen LogP contribution is -2.35. The van der Waals surface area contributed by atoms with E-state index in [-0.39, 0.29) is 33.3 Å². The van der Waals surface area contributed by atoms with E-state index in [1.165, 1.54) is 16.8 Å². The van der Waals surface area contributed by atoms with Crippen molar-refractivity contribution in [2.45, 2.75) is 51.9 Å². The number of nitro groups is 1. The van der Waals surface area contributed by atoms with Gasteiger partial charge in [-0.25, -0.2) is 18.7 Å². The summed E-state index contributed by atoms with van der Waals surface area (Å²) < 4.78 is 33.0. The van der Waals surface area contributed by atoms with Gasteiger partial charge >= 0.3 is 12.1 Å².